The Balaban J connectivity index is 1.72. The number of nitrogens with zero attached hydrogens (tertiary/aromatic N) is 6. The van der Waals surface area contributed by atoms with Crippen LogP contribution in [0.3, 0.4) is 0 Å². The van der Waals surface area contributed by atoms with Gasteiger partial charge in [0.25, 0.3) is 0 Å². The summed E-state index contributed by atoms with van der Waals surface area (Å²) in [6.45, 7) is 3.71. The standard InChI is InChI=1S/C20H18FN7/c1-12-8-14(21)4-6-16(12)17-10-24-18(11-23-17)20-27-26-13(2)28(20)15-5-7-19(22-3)25-9-15/h4-11H,1-3H3,(H,22,25). The number of halogens is 1. The van der Waals surface area contributed by atoms with Gasteiger partial charge in [-0.15, -0.1) is 10.2 Å². The molecule has 0 saturated carbocycles. The number of nitrogens with one attached hydrogen (secondary N) is 1. The lowest BCUT2D eigenvalue weighted by Crippen LogP contribution is -2.03. The fourth-order valence-corrected chi connectivity index (χ4v) is 3.00. The molecule has 0 aliphatic carbocycles. The fraction of sp³-hybridized carbons (Fsp3) is 0.150. The molecular weight excluding hydrogens is 357 g/mol. The van der Waals surface area contributed by atoms with Crippen LogP contribution in [0.5, 0.6) is 0 Å². The summed E-state index contributed by atoms with van der Waals surface area (Å²) in [7, 11) is 1.82. The second kappa shape index (κ2) is 7.15. The Morgan fingerprint density at radius 3 is 2.32 bits per heavy atom. The number of hydrogen-bond donors (Lipinski definition) is 1. The monoisotopic (exact) mass is 375 g/mol. The van der Waals surface area contributed by atoms with Crippen molar-refractivity contribution in [2.24, 2.45) is 0 Å². The van der Waals surface area contributed by atoms with Gasteiger partial charge in [0.2, 0.25) is 0 Å². The Kier molecular flexibility index (Phi) is 4.52. The van der Waals surface area contributed by atoms with E-state index in [4.69, 9.17) is 0 Å². The molecule has 0 fully saturated rings. The van der Waals surface area contributed by atoms with E-state index in [9.17, 15) is 4.39 Å². The highest BCUT2D eigenvalue weighted by molar-refractivity contribution is 5.64. The van der Waals surface area contributed by atoms with Crippen LogP contribution in [-0.4, -0.2) is 36.8 Å². The van der Waals surface area contributed by atoms with Crippen LogP contribution in [-0.2, 0) is 0 Å². The highest BCUT2D eigenvalue weighted by atomic mass is 19.1. The Morgan fingerprint density at radius 1 is 0.893 bits per heavy atom. The van der Waals surface area contributed by atoms with Crippen molar-refractivity contribution in [2.45, 2.75) is 13.8 Å². The quantitative estimate of drug-likeness (QED) is 0.587. The molecule has 0 bridgehead atoms. The van der Waals surface area contributed by atoms with Crippen LogP contribution in [0.1, 0.15) is 11.4 Å². The zero-order valence-electron chi connectivity index (χ0n) is 15.7. The highest BCUT2D eigenvalue weighted by Crippen LogP contribution is 2.25. The van der Waals surface area contributed by atoms with Crippen LogP contribution in [0, 0.1) is 19.7 Å². The zero-order valence-corrected chi connectivity index (χ0v) is 15.7. The Bertz CT molecular complexity index is 1120. The highest BCUT2D eigenvalue weighted by Gasteiger charge is 2.15. The molecule has 7 nitrogen and oxygen atoms in total. The minimum atomic E-state index is -0.271. The van der Waals surface area contributed by atoms with Gasteiger partial charge in [-0.1, -0.05) is 0 Å². The summed E-state index contributed by atoms with van der Waals surface area (Å²) in [4.78, 5) is 13.4. The summed E-state index contributed by atoms with van der Waals surface area (Å²) < 4.78 is 15.2. The van der Waals surface area contributed by atoms with Crippen molar-refractivity contribution in [1.82, 2.24) is 29.7 Å². The van der Waals surface area contributed by atoms with E-state index < -0.39 is 0 Å². The fourth-order valence-electron chi connectivity index (χ4n) is 3.00. The predicted molar refractivity (Wildman–Crippen MR) is 105 cm³/mol. The average Bonchev–Trinajstić information content (AvgIpc) is 3.10. The molecule has 0 atom stereocenters. The van der Waals surface area contributed by atoms with E-state index in [2.05, 4.69) is 30.5 Å². The van der Waals surface area contributed by atoms with Gasteiger partial charge in [-0.3, -0.25) is 9.55 Å². The van der Waals surface area contributed by atoms with E-state index in [1.165, 1.54) is 12.1 Å². The second-order valence-electron chi connectivity index (χ2n) is 6.30. The number of pyridine rings is 1. The van der Waals surface area contributed by atoms with Crippen LogP contribution in [0.25, 0.3) is 28.5 Å². The van der Waals surface area contributed by atoms with Crippen molar-refractivity contribution >= 4 is 5.82 Å². The minimum Gasteiger partial charge on any atom is -0.373 e. The van der Waals surface area contributed by atoms with Gasteiger partial charge in [-0.25, -0.2) is 14.4 Å². The molecular formula is C20H18FN7. The molecule has 8 heteroatoms. The maximum Gasteiger partial charge on any atom is 0.188 e. The summed E-state index contributed by atoms with van der Waals surface area (Å²) >= 11 is 0. The molecule has 3 aromatic heterocycles. The molecule has 0 saturated heterocycles. The van der Waals surface area contributed by atoms with Crippen molar-refractivity contribution in [1.29, 1.82) is 0 Å². The van der Waals surface area contributed by atoms with Crippen molar-refractivity contribution in [2.75, 3.05) is 12.4 Å². The first-order valence-corrected chi connectivity index (χ1v) is 8.72. The van der Waals surface area contributed by atoms with Gasteiger partial charge >= 0.3 is 0 Å². The Morgan fingerprint density at radius 2 is 1.68 bits per heavy atom. The smallest absolute Gasteiger partial charge is 0.188 e. The summed E-state index contributed by atoms with van der Waals surface area (Å²) in [6.07, 6.45) is 5.05. The molecule has 0 aliphatic rings. The van der Waals surface area contributed by atoms with Crippen molar-refractivity contribution in [3.05, 3.63) is 66.1 Å². The number of aryl methyl sites for hydroxylation is 2. The summed E-state index contributed by atoms with van der Waals surface area (Å²) in [6, 6.07) is 8.41. The van der Waals surface area contributed by atoms with E-state index in [-0.39, 0.29) is 5.82 Å². The van der Waals surface area contributed by atoms with Gasteiger partial charge in [0, 0.05) is 12.6 Å². The van der Waals surface area contributed by atoms with Crippen LogP contribution in [0.4, 0.5) is 10.2 Å². The SMILES string of the molecule is CNc1ccc(-n2c(C)nnc2-c2cnc(-c3ccc(F)cc3C)cn2)cn1. The number of rotatable bonds is 4. The Hall–Kier alpha value is -3.68. The second-order valence-corrected chi connectivity index (χ2v) is 6.30. The lowest BCUT2D eigenvalue weighted by Gasteiger charge is -2.09. The van der Waals surface area contributed by atoms with E-state index in [0.29, 0.717) is 23.0 Å². The number of aromatic nitrogens is 6. The zero-order chi connectivity index (χ0) is 19.7. The first-order valence-electron chi connectivity index (χ1n) is 8.72. The molecule has 140 valence electrons. The maximum absolute atomic E-state index is 13.3. The predicted octanol–water partition coefficient (Wildman–Crippen LogP) is 3.58. The normalized spacial score (nSPS) is 10.9. The molecule has 0 amide bonds. The number of benzene rings is 1. The van der Waals surface area contributed by atoms with Gasteiger partial charge in [-0.05, 0) is 49.7 Å². The summed E-state index contributed by atoms with van der Waals surface area (Å²) in [5.74, 6) is 1.79. The third-order valence-electron chi connectivity index (χ3n) is 4.43. The van der Waals surface area contributed by atoms with Gasteiger partial charge in [0.05, 0.1) is 30.0 Å². The van der Waals surface area contributed by atoms with Crippen molar-refractivity contribution < 1.29 is 4.39 Å². The van der Waals surface area contributed by atoms with Crippen molar-refractivity contribution in [3.63, 3.8) is 0 Å². The summed E-state index contributed by atoms with van der Waals surface area (Å²) in [5, 5.41) is 11.4. The molecule has 0 radical (unpaired) electrons. The summed E-state index contributed by atoms with van der Waals surface area (Å²) in [5.41, 5.74) is 3.73. The molecule has 1 N–H and O–H groups in total. The number of hydrogen-bond acceptors (Lipinski definition) is 6. The molecule has 1 aromatic carbocycles. The molecule has 0 spiro atoms. The van der Waals surface area contributed by atoms with Gasteiger partial charge in [-0.2, -0.15) is 0 Å². The lowest BCUT2D eigenvalue weighted by molar-refractivity contribution is 0.627. The first-order chi connectivity index (χ1) is 13.6. The largest absolute Gasteiger partial charge is 0.373 e. The van der Waals surface area contributed by atoms with E-state index in [1.54, 1.807) is 24.7 Å². The van der Waals surface area contributed by atoms with Gasteiger partial charge in [0.15, 0.2) is 5.82 Å². The minimum absolute atomic E-state index is 0.271. The lowest BCUT2D eigenvalue weighted by atomic mass is 10.1. The van der Waals surface area contributed by atoms with Crippen molar-refractivity contribution in [3.8, 4) is 28.5 Å². The van der Waals surface area contributed by atoms with Crippen LogP contribution >= 0.6 is 0 Å². The number of anilines is 1. The van der Waals surface area contributed by atoms with Crippen LogP contribution in [0.2, 0.25) is 0 Å². The van der Waals surface area contributed by atoms with Gasteiger partial charge < -0.3 is 5.32 Å². The van der Waals surface area contributed by atoms with E-state index >= 15 is 0 Å². The van der Waals surface area contributed by atoms with Crippen LogP contribution < -0.4 is 5.32 Å². The van der Waals surface area contributed by atoms with E-state index in [1.807, 2.05) is 37.6 Å². The van der Waals surface area contributed by atoms with Crippen LogP contribution in [0.15, 0.2) is 48.9 Å². The molecule has 4 aromatic rings. The molecule has 0 aliphatic heterocycles. The topological polar surface area (TPSA) is 81.4 Å². The van der Waals surface area contributed by atoms with E-state index in [0.717, 1.165) is 22.6 Å². The third-order valence-corrected chi connectivity index (χ3v) is 4.43. The Labute approximate surface area is 161 Å². The molecule has 4 rings (SSSR count). The van der Waals surface area contributed by atoms with Gasteiger partial charge in [0.1, 0.15) is 23.2 Å². The molecule has 0 unspecified atom stereocenters. The third kappa shape index (κ3) is 3.20. The average molecular weight is 375 g/mol. The first kappa shape index (κ1) is 17.7. The molecule has 28 heavy (non-hydrogen) atoms. The maximum atomic E-state index is 13.3. The molecule has 3 heterocycles.